The van der Waals surface area contributed by atoms with Crippen LogP contribution in [0, 0.1) is 27.7 Å². The van der Waals surface area contributed by atoms with Crippen LogP contribution in [-0.2, 0) is 42.7 Å². The van der Waals surface area contributed by atoms with Gasteiger partial charge in [0.15, 0.2) is 0 Å². The van der Waals surface area contributed by atoms with Crippen molar-refractivity contribution < 1.29 is 45.7 Å². The molecule has 0 aromatic carbocycles. The third kappa shape index (κ3) is 6.11. The molecule has 0 saturated heterocycles. The molecule has 244 valence electrons. The lowest BCUT2D eigenvalue weighted by molar-refractivity contribution is -0.138. The first-order chi connectivity index (χ1) is 21.4. The number of hydrogen-bond donors (Lipinski definition) is 8. The van der Waals surface area contributed by atoms with E-state index in [0.29, 0.717) is 49.9 Å². The molecule has 8 N–H and O–H groups in total. The summed E-state index contributed by atoms with van der Waals surface area (Å²) in [5.74, 6) is -2.12. The molecule has 5 heterocycles. The van der Waals surface area contributed by atoms with Crippen LogP contribution in [0.4, 0.5) is 0 Å². The lowest BCUT2D eigenvalue weighted by Gasteiger charge is -2.05. The number of fused-ring (bicyclic) bond motifs is 8. The Balaban J connectivity index is 2.05. The minimum atomic E-state index is -5.03. The minimum Gasteiger partial charge on any atom is -0.481 e. The Morgan fingerprint density at radius 1 is 0.674 bits per heavy atom. The third-order valence-electron chi connectivity index (χ3n) is 8.15. The summed E-state index contributed by atoms with van der Waals surface area (Å²) in [5.41, 5.74) is 3.61. The summed E-state index contributed by atoms with van der Waals surface area (Å²) >= 11 is 0. The highest BCUT2D eigenvalue weighted by atomic mass is 32.2. The second-order valence-corrected chi connectivity index (χ2v) is 14.0. The van der Waals surface area contributed by atoms with E-state index in [1.54, 1.807) is 32.9 Å². The molecule has 0 fully saturated rings. The van der Waals surface area contributed by atoms with E-state index in [-0.39, 0.29) is 53.3 Å². The second-order valence-electron chi connectivity index (χ2n) is 11.3. The van der Waals surface area contributed by atoms with Crippen LogP contribution in [0.5, 0.6) is 0 Å². The summed E-state index contributed by atoms with van der Waals surface area (Å²) in [6, 6.07) is 2.82. The van der Waals surface area contributed by atoms with Crippen molar-refractivity contribution in [1.29, 1.82) is 0 Å². The lowest BCUT2D eigenvalue weighted by Crippen LogP contribution is -2.21. The molecular weight excluding hydrogens is 640 g/mol. The Labute approximate surface area is 262 Å². The van der Waals surface area contributed by atoms with E-state index < -0.39 is 42.0 Å². The van der Waals surface area contributed by atoms with Gasteiger partial charge in [-0.1, -0.05) is 0 Å². The highest BCUT2D eigenvalue weighted by Gasteiger charge is 2.28. The molecule has 5 rings (SSSR count). The third-order valence-corrected chi connectivity index (χ3v) is 10.0. The Bertz CT molecular complexity index is 2420. The van der Waals surface area contributed by atoms with Gasteiger partial charge in [0.2, 0.25) is 0 Å². The van der Waals surface area contributed by atoms with E-state index in [1.807, 2.05) is 0 Å². The fourth-order valence-corrected chi connectivity index (χ4v) is 7.63. The van der Waals surface area contributed by atoms with Gasteiger partial charge in [-0.2, -0.15) is 16.8 Å². The van der Waals surface area contributed by atoms with Gasteiger partial charge in [-0.3, -0.25) is 18.7 Å². The number of carbonyl (C=O) groups is 2. The molecule has 16 heteroatoms. The van der Waals surface area contributed by atoms with E-state index >= 15 is 0 Å². The van der Waals surface area contributed by atoms with E-state index in [2.05, 4.69) is 19.9 Å². The van der Waals surface area contributed by atoms with Crippen molar-refractivity contribution in [2.75, 3.05) is 0 Å². The summed E-state index contributed by atoms with van der Waals surface area (Å²) in [4.78, 5) is 34.0. The molecule has 4 aromatic heterocycles. The monoisotopic (exact) mass is 672 g/mol. The molecule has 1 aliphatic rings. The summed E-state index contributed by atoms with van der Waals surface area (Å²) in [6.45, 7) is 6.55. The van der Waals surface area contributed by atoms with Crippen molar-refractivity contribution in [1.82, 2.24) is 19.9 Å². The van der Waals surface area contributed by atoms with E-state index in [4.69, 9.17) is 0 Å². The van der Waals surface area contributed by atoms with Crippen molar-refractivity contribution in [3.8, 4) is 0 Å². The molecule has 46 heavy (non-hydrogen) atoms. The van der Waals surface area contributed by atoms with Gasteiger partial charge < -0.3 is 30.1 Å². The number of H-pyrrole nitrogens is 4. The SMILES string of the molecule is Cc1cc2[nH]c1C(S(=O)(=O)O)=c1cc(C)c([nH]1)=Cc1[nH]c(c(CCC(=O)O)c1C)C=c1[nH]c(c(C)c1CCC(=O)O)=C2S(=O)(=O)O. The van der Waals surface area contributed by atoms with Crippen molar-refractivity contribution >= 4 is 54.1 Å². The standard InChI is InChI=1S/C30H32N4O10S2/c1-13-9-23-29(45(39,40)41)27-14(2)10-24(34-27)30(46(42,43)44)28-16(4)18(6-8-26(37)38)22(33-28)12-21-17(5-7-25(35)36)15(3)20(32-21)11-19(13)31-23/h9-12,31-34H,5-8H2,1-4H3,(H,35,36)(H,37,38)(H,39,40,41)(H,42,43,44). The number of carboxylic acid groups (broad SMARTS) is 2. The number of rotatable bonds is 8. The molecule has 14 nitrogen and oxygen atoms in total. The average Bonchev–Trinajstić information content (AvgIpc) is 3.62. The number of aryl methyl sites for hydroxylation is 2. The largest absolute Gasteiger partial charge is 0.481 e. The Morgan fingerprint density at radius 2 is 1.26 bits per heavy atom. The zero-order valence-corrected chi connectivity index (χ0v) is 26.8. The minimum absolute atomic E-state index is 0.000331. The smallest absolute Gasteiger partial charge is 0.303 e. The predicted molar refractivity (Wildman–Crippen MR) is 168 cm³/mol. The zero-order chi connectivity index (χ0) is 33.9. The van der Waals surface area contributed by atoms with Gasteiger partial charge in [-0.15, -0.1) is 0 Å². The molecular formula is C30H32N4O10S2. The fraction of sp³-hybridized carbons (Fsp3) is 0.267. The Kier molecular flexibility index (Phi) is 8.27. The first-order valence-corrected chi connectivity index (χ1v) is 16.9. The van der Waals surface area contributed by atoms with Crippen molar-refractivity contribution in [3.63, 3.8) is 0 Å². The van der Waals surface area contributed by atoms with Gasteiger partial charge in [0, 0.05) is 34.9 Å². The quantitative estimate of drug-likeness (QED) is 0.119. The van der Waals surface area contributed by atoms with Crippen LogP contribution in [0.1, 0.15) is 69.0 Å². The second kappa shape index (κ2) is 11.6. The molecule has 0 unspecified atom stereocenters. The number of aromatic nitrogens is 4. The van der Waals surface area contributed by atoms with E-state index in [1.165, 1.54) is 19.1 Å². The summed E-state index contributed by atoms with van der Waals surface area (Å²) in [6.07, 6.45) is 2.96. The first-order valence-electron chi connectivity index (χ1n) is 14.0. The normalized spacial score (nSPS) is 13.4. The fourth-order valence-electron chi connectivity index (χ4n) is 5.92. The lowest BCUT2D eigenvalue weighted by atomic mass is 10.0. The maximum atomic E-state index is 13.0. The molecule has 0 amide bonds. The summed E-state index contributed by atoms with van der Waals surface area (Å²) < 4.78 is 72.4. The zero-order valence-electron chi connectivity index (χ0n) is 25.2. The van der Waals surface area contributed by atoms with Gasteiger partial charge in [0.05, 0.1) is 22.1 Å². The van der Waals surface area contributed by atoms with Gasteiger partial charge in [0.25, 0.3) is 20.2 Å². The van der Waals surface area contributed by atoms with E-state index in [9.17, 15) is 45.7 Å². The van der Waals surface area contributed by atoms with Crippen LogP contribution in [0.2, 0.25) is 0 Å². The molecule has 1 aliphatic heterocycles. The molecule has 0 saturated carbocycles. The summed E-state index contributed by atoms with van der Waals surface area (Å²) in [7, 11) is -9.96. The van der Waals surface area contributed by atoms with Crippen LogP contribution in [0.25, 0.3) is 22.0 Å². The molecule has 0 radical (unpaired) electrons. The number of aromatic amines is 4. The van der Waals surface area contributed by atoms with Gasteiger partial charge in [-0.25, -0.2) is 0 Å². The maximum absolute atomic E-state index is 13.0. The highest BCUT2D eigenvalue weighted by Crippen LogP contribution is 2.27. The van der Waals surface area contributed by atoms with Crippen LogP contribution in [-0.4, -0.2) is 68.0 Å². The van der Waals surface area contributed by atoms with Crippen LogP contribution in [0.15, 0.2) is 12.1 Å². The first kappa shape index (κ1) is 32.7. The summed E-state index contributed by atoms with van der Waals surface area (Å²) in [5, 5.41) is 19.6. The average molecular weight is 673 g/mol. The molecule has 4 aromatic rings. The van der Waals surface area contributed by atoms with Crippen LogP contribution < -0.4 is 21.4 Å². The van der Waals surface area contributed by atoms with Gasteiger partial charge >= 0.3 is 11.9 Å². The van der Waals surface area contributed by atoms with Gasteiger partial charge in [-0.05, 0) is 98.2 Å². The van der Waals surface area contributed by atoms with Gasteiger partial charge in [0.1, 0.15) is 9.81 Å². The Morgan fingerprint density at radius 3 is 1.85 bits per heavy atom. The van der Waals surface area contributed by atoms with Crippen LogP contribution in [0.3, 0.4) is 0 Å². The predicted octanol–water partition coefficient (Wildman–Crippen LogP) is 0.327. The molecule has 0 aliphatic carbocycles. The molecule has 0 spiro atoms. The van der Waals surface area contributed by atoms with Crippen molar-refractivity contribution in [2.45, 2.75) is 53.4 Å². The molecule has 0 atom stereocenters. The van der Waals surface area contributed by atoms with E-state index in [0.717, 1.165) is 0 Å². The topological polar surface area (TPSA) is 246 Å². The number of nitrogens with one attached hydrogen (secondary N) is 4. The number of carboxylic acids is 2. The van der Waals surface area contributed by atoms with Crippen LogP contribution >= 0.6 is 0 Å². The van der Waals surface area contributed by atoms with Crippen molar-refractivity contribution in [2.24, 2.45) is 0 Å². The highest BCUT2D eigenvalue weighted by molar-refractivity contribution is 7.95. The number of hydrogen-bond acceptors (Lipinski definition) is 6. The molecule has 8 bridgehead atoms. The maximum Gasteiger partial charge on any atom is 0.303 e. The van der Waals surface area contributed by atoms with Crippen molar-refractivity contribution in [3.05, 3.63) is 89.7 Å². The number of aliphatic carboxylic acids is 2. The Hall–Kier alpha value is -4.64.